The molecule has 2 heterocycles. The zero-order valence-electron chi connectivity index (χ0n) is 16.9. The van der Waals surface area contributed by atoms with E-state index in [0.29, 0.717) is 10.2 Å². The predicted molar refractivity (Wildman–Crippen MR) is 126 cm³/mol. The van der Waals surface area contributed by atoms with E-state index in [1.54, 1.807) is 6.08 Å². The number of allylic oxidation sites excluding steroid dienone is 1. The van der Waals surface area contributed by atoms with E-state index < -0.39 is 5.91 Å². The fourth-order valence-electron chi connectivity index (χ4n) is 3.26. The van der Waals surface area contributed by atoms with Crippen LogP contribution in [-0.2, 0) is 11.3 Å². The average Bonchev–Trinajstić information content (AvgIpc) is 3.13. The Bertz CT molecular complexity index is 1320. The van der Waals surface area contributed by atoms with Gasteiger partial charge in [-0.2, -0.15) is 5.10 Å². The minimum absolute atomic E-state index is 0.162. The maximum absolute atomic E-state index is 13.1. The normalized spacial score (nSPS) is 11.5. The first-order valence-electron chi connectivity index (χ1n) is 9.71. The van der Waals surface area contributed by atoms with Crippen LogP contribution in [-0.4, -0.2) is 21.7 Å². The number of aromatic nitrogens is 2. The van der Waals surface area contributed by atoms with E-state index in [1.165, 1.54) is 28.4 Å². The smallest absolute Gasteiger partial charge is 0.263 e. The summed E-state index contributed by atoms with van der Waals surface area (Å²) in [5.41, 5.74) is 5.07. The Morgan fingerprint density at radius 2 is 1.84 bits per heavy atom. The van der Waals surface area contributed by atoms with Crippen molar-refractivity contribution in [3.63, 3.8) is 0 Å². The Morgan fingerprint density at radius 3 is 2.58 bits per heavy atom. The summed E-state index contributed by atoms with van der Waals surface area (Å²) >= 11 is 1.48. The quantitative estimate of drug-likeness (QED) is 0.368. The summed E-state index contributed by atoms with van der Waals surface area (Å²) < 4.78 is 1.31. The average molecular weight is 429 g/mol. The second-order valence-corrected chi connectivity index (χ2v) is 8.04. The van der Waals surface area contributed by atoms with E-state index in [4.69, 9.17) is 0 Å². The summed E-state index contributed by atoms with van der Waals surface area (Å²) in [5, 5.41) is 4.44. The van der Waals surface area contributed by atoms with Gasteiger partial charge in [-0.05, 0) is 24.1 Å². The summed E-state index contributed by atoms with van der Waals surface area (Å²) in [5.74, 6) is -0.402. The highest BCUT2D eigenvalue weighted by atomic mass is 32.1. The minimum atomic E-state index is -0.402. The van der Waals surface area contributed by atoms with Gasteiger partial charge >= 0.3 is 0 Å². The summed E-state index contributed by atoms with van der Waals surface area (Å²) in [6, 6.07) is 19.5. The van der Waals surface area contributed by atoms with Crippen LogP contribution in [0, 0.1) is 6.92 Å². The lowest BCUT2D eigenvalue weighted by Gasteiger charge is -2.05. The molecule has 0 aliphatic rings. The molecule has 4 aromatic rings. The van der Waals surface area contributed by atoms with Crippen LogP contribution < -0.4 is 11.0 Å². The number of thiophene rings is 1. The van der Waals surface area contributed by atoms with Gasteiger partial charge in [-0.1, -0.05) is 66.7 Å². The number of nitrogens with zero attached hydrogens (tertiary/aromatic N) is 3. The van der Waals surface area contributed by atoms with Crippen LogP contribution in [0.5, 0.6) is 0 Å². The maximum Gasteiger partial charge on any atom is 0.263 e. The second-order valence-electron chi connectivity index (χ2n) is 6.84. The molecule has 0 radical (unpaired) electrons. The van der Waals surface area contributed by atoms with Crippen LogP contribution in [0.1, 0.15) is 10.4 Å². The van der Waals surface area contributed by atoms with Crippen molar-refractivity contribution < 1.29 is 4.79 Å². The van der Waals surface area contributed by atoms with Crippen molar-refractivity contribution in [1.82, 2.24) is 15.0 Å². The molecular formula is C24H20N4O2S. The number of hydrogen-bond donors (Lipinski definition) is 1. The fourth-order valence-corrected chi connectivity index (χ4v) is 4.27. The van der Waals surface area contributed by atoms with Crippen molar-refractivity contribution >= 4 is 39.8 Å². The number of aryl methyl sites for hydroxylation is 1. The summed E-state index contributed by atoms with van der Waals surface area (Å²) in [4.78, 5) is 31.4. The van der Waals surface area contributed by atoms with Crippen LogP contribution in [0.2, 0.25) is 0 Å². The zero-order chi connectivity index (χ0) is 21.6. The molecular weight excluding hydrogens is 408 g/mol. The van der Waals surface area contributed by atoms with Crippen LogP contribution in [0.25, 0.3) is 27.4 Å². The molecule has 0 bridgehead atoms. The molecule has 1 N–H and O–H groups in total. The lowest BCUT2D eigenvalue weighted by Crippen LogP contribution is -2.30. The third kappa shape index (κ3) is 4.67. The molecule has 4 rings (SSSR count). The van der Waals surface area contributed by atoms with Crippen LogP contribution >= 0.6 is 11.3 Å². The molecule has 0 aliphatic heterocycles. The first-order valence-corrected chi connectivity index (χ1v) is 10.5. The van der Waals surface area contributed by atoms with Gasteiger partial charge in [0.05, 0.1) is 11.7 Å². The van der Waals surface area contributed by atoms with Gasteiger partial charge in [-0.25, -0.2) is 10.4 Å². The number of amides is 1. The number of fused-ring (bicyclic) bond motifs is 1. The molecule has 6 nitrogen and oxygen atoms in total. The Hall–Kier alpha value is -3.84. The van der Waals surface area contributed by atoms with E-state index in [-0.39, 0.29) is 12.1 Å². The predicted octanol–water partition coefficient (Wildman–Crippen LogP) is 4.25. The second kappa shape index (κ2) is 9.32. The van der Waals surface area contributed by atoms with Gasteiger partial charge < -0.3 is 0 Å². The van der Waals surface area contributed by atoms with E-state index in [0.717, 1.165) is 21.6 Å². The standard InChI is InChI=1S/C24H20N4O2S/c1-17-21(19-12-6-3-7-13-19)22-23(31-17)25-16-28(24(22)30)15-20(29)27-26-14-8-11-18-9-4-2-5-10-18/h2-14,16H,15H2,1H3,(H,27,29)/b11-8+,26-14-. The van der Waals surface area contributed by atoms with E-state index in [1.807, 2.05) is 73.7 Å². The van der Waals surface area contributed by atoms with Crippen molar-refractivity contribution in [2.75, 3.05) is 0 Å². The molecule has 0 atom stereocenters. The van der Waals surface area contributed by atoms with Crippen molar-refractivity contribution in [3.05, 3.63) is 93.9 Å². The summed E-state index contributed by atoms with van der Waals surface area (Å²) in [6.45, 7) is 1.81. The highest BCUT2D eigenvalue weighted by molar-refractivity contribution is 7.19. The topological polar surface area (TPSA) is 76.3 Å². The monoisotopic (exact) mass is 428 g/mol. The summed E-state index contributed by atoms with van der Waals surface area (Å²) in [6.07, 6.45) is 6.51. The lowest BCUT2D eigenvalue weighted by atomic mass is 10.0. The first kappa shape index (κ1) is 20.4. The number of carbonyl (C=O) groups is 1. The largest absolute Gasteiger partial charge is 0.289 e. The lowest BCUT2D eigenvalue weighted by molar-refractivity contribution is -0.121. The minimum Gasteiger partial charge on any atom is -0.289 e. The number of carbonyl (C=O) groups excluding carboxylic acids is 1. The molecule has 31 heavy (non-hydrogen) atoms. The van der Waals surface area contributed by atoms with Gasteiger partial charge in [0.1, 0.15) is 11.4 Å². The fraction of sp³-hybridized carbons (Fsp3) is 0.0833. The molecule has 154 valence electrons. The number of rotatable bonds is 6. The third-order valence-corrected chi connectivity index (χ3v) is 5.68. The SMILES string of the molecule is Cc1sc2ncn(CC(=O)N/N=C\C=C\c3ccccc3)c(=O)c2c1-c1ccccc1. The molecule has 7 heteroatoms. The van der Waals surface area contributed by atoms with Gasteiger partial charge in [0.25, 0.3) is 11.5 Å². The summed E-state index contributed by atoms with van der Waals surface area (Å²) in [7, 11) is 0. The molecule has 1 amide bonds. The molecule has 0 spiro atoms. The molecule has 0 aliphatic carbocycles. The number of benzene rings is 2. The first-order chi connectivity index (χ1) is 15.1. The molecule has 0 saturated carbocycles. The van der Waals surface area contributed by atoms with Gasteiger partial charge in [-0.3, -0.25) is 14.2 Å². The highest BCUT2D eigenvalue weighted by Gasteiger charge is 2.17. The Morgan fingerprint density at radius 1 is 1.13 bits per heavy atom. The molecule has 0 fully saturated rings. The number of nitrogens with one attached hydrogen (secondary N) is 1. The Labute approximate surface area is 183 Å². The van der Waals surface area contributed by atoms with Crippen LogP contribution in [0.3, 0.4) is 0 Å². The number of hydrazone groups is 1. The van der Waals surface area contributed by atoms with E-state index in [9.17, 15) is 9.59 Å². The highest BCUT2D eigenvalue weighted by Crippen LogP contribution is 2.35. The van der Waals surface area contributed by atoms with Crippen molar-refractivity contribution in [1.29, 1.82) is 0 Å². The zero-order valence-corrected chi connectivity index (χ0v) is 17.7. The maximum atomic E-state index is 13.1. The third-order valence-electron chi connectivity index (χ3n) is 4.67. The molecule has 2 aromatic carbocycles. The molecule has 0 unspecified atom stereocenters. The van der Waals surface area contributed by atoms with Gasteiger partial charge in [-0.15, -0.1) is 11.3 Å². The van der Waals surface area contributed by atoms with Crippen molar-refractivity contribution in [2.45, 2.75) is 13.5 Å². The van der Waals surface area contributed by atoms with Gasteiger partial charge in [0.15, 0.2) is 0 Å². The van der Waals surface area contributed by atoms with Crippen LogP contribution in [0.4, 0.5) is 0 Å². The van der Waals surface area contributed by atoms with Crippen molar-refractivity contribution in [3.8, 4) is 11.1 Å². The van der Waals surface area contributed by atoms with Crippen molar-refractivity contribution in [2.24, 2.45) is 5.10 Å². The Balaban J connectivity index is 1.50. The Kier molecular flexibility index (Phi) is 6.14. The molecule has 2 aromatic heterocycles. The van der Waals surface area contributed by atoms with E-state index in [2.05, 4.69) is 15.5 Å². The molecule has 0 saturated heterocycles. The van der Waals surface area contributed by atoms with Gasteiger partial charge in [0.2, 0.25) is 0 Å². The number of hydrogen-bond acceptors (Lipinski definition) is 5. The van der Waals surface area contributed by atoms with E-state index >= 15 is 0 Å². The van der Waals surface area contributed by atoms with Gasteiger partial charge in [0, 0.05) is 16.7 Å². The van der Waals surface area contributed by atoms with Crippen LogP contribution in [0.15, 0.2) is 83.0 Å².